The van der Waals surface area contributed by atoms with Crippen LogP contribution in [0.5, 0.6) is 0 Å². The summed E-state index contributed by atoms with van der Waals surface area (Å²) >= 11 is 0. The molecular formula is C38H92N6O2. The zero-order valence-electron chi connectivity index (χ0n) is 33.2. The normalized spacial score (nSPS) is 9.61. The monoisotopic (exact) mass is 665 g/mol. The molecule has 0 unspecified atom stereocenters. The van der Waals surface area contributed by atoms with Gasteiger partial charge in [0.1, 0.15) is 11.6 Å². The van der Waals surface area contributed by atoms with Gasteiger partial charge in [-0.05, 0) is 79.6 Å². The maximum Gasteiger partial charge on any atom is 0.135 e. The summed E-state index contributed by atoms with van der Waals surface area (Å²) in [5, 5.41) is 0. The van der Waals surface area contributed by atoms with E-state index in [0.29, 0.717) is 44.7 Å². The molecule has 0 saturated carbocycles. The van der Waals surface area contributed by atoms with E-state index in [9.17, 15) is 9.59 Å². The van der Waals surface area contributed by atoms with Crippen LogP contribution in [0.3, 0.4) is 0 Å². The zero-order chi connectivity index (χ0) is 36.2. The molecule has 0 aliphatic rings. The smallest absolute Gasteiger partial charge is 0.135 e. The van der Waals surface area contributed by atoms with Gasteiger partial charge in [0, 0.05) is 45.4 Å². The van der Waals surface area contributed by atoms with Crippen LogP contribution in [-0.4, -0.2) is 99.9 Å². The number of carbonyl (C=O) groups is 2. The van der Waals surface area contributed by atoms with Gasteiger partial charge in [0.25, 0.3) is 0 Å². The van der Waals surface area contributed by atoms with Crippen molar-refractivity contribution in [2.45, 2.75) is 166 Å². The predicted octanol–water partition coefficient (Wildman–Crippen LogP) is 8.35. The highest BCUT2D eigenvalue weighted by Crippen LogP contribution is 2.02. The third-order valence-electron chi connectivity index (χ3n) is 6.49. The molecule has 6 N–H and O–H groups in total. The molecule has 0 aliphatic heterocycles. The van der Waals surface area contributed by atoms with Crippen LogP contribution in [0.15, 0.2) is 0 Å². The SMILES string of the molecule is C.CC.CCC.CCCC.CCCC(=O)CCN(C)CCC(=O)CCN.CCCCCCN(C)CCCCCN.CCN(C)CN. The number of rotatable bonds is 23. The fourth-order valence-electron chi connectivity index (χ4n) is 3.18. The number of Topliss-reactive ketones (excluding diaryl/α,β-unsaturated/α-hetero) is 2. The van der Waals surface area contributed by atoms with Gasteiger partial charge in [-0.25, -0.2) is 0 Å². The highest BCUT2D eigenvalue weighted by Gasteiger charge is 2.06. The first kappa shape index (κ1) is 60.4. The fraction of sp³-hybridized carbons (Fsp3) is 0.947. The Kier molecular flexibility index (Phi) is 78.2. The molecule has 0 aromatic rings. The van der Waals surface area contributed by atoms with E-state index in [-0.39, 0.29) is 13.2 Å². The quantitative estimate of drug-likeness (QED) is 0.0736. The minimum absolute atomic E-state index is 0. The number of carbonyl (C=O) groups excluding carboxylic acids is 2. The Bertz CT molecular complexity index is 470. The van der Waals surface area contributed by atoms with Crippen molar-refractivity contribution < 1.29 is 9.59 Å². The topological polar surface area (TPSA) is 122 Å². The van der Waals surface area contributed by atoms with Crippen molar-refractivity contribution in [3.05, 3.63) is 0 Å². The van der Waals surface area contributed by atoms with E-state index in [1.54, 1.807) is 0 Å². The van der Waals surface area contributed by atoms with E-state index in [2.05, 4.69) is 53.5 Å². The van der Waals surface area contributed by atoms with Crippen LogP contribution >= 0.6 is 0 Å². The molecular weight excluding hydrogens is 572 g/mol. The van der Waals surface area contributed by atoms with Crippen LogP contribution in [-0.2, 0) is 9.59 Å². The van der Waals surface area contributed by atoms with E-state index < -0.39 is 0 Å². The summed E-state index contributed by atoms with van der Waals surface area (Å²) in [5.74, 6) is 0.511. The second kappa shape index (κ2) is 59.5. The molecule has 0 aromatic heterocycles. The Balaban J connectivity index is -0.0000000914. The number of ketones is 2. The molecule has 0 saturated heterocycles. The van der Waals surface area contributed by atoms with E-state index in [1.165, 1.54) is 77.3 Å². The lowest BCUT2D eigenvalue weighted by Gasteiger charge is -2.15. The molecule has 0 atom stereocenters. The first-order chi connectivity index (χ1) is 21.5. The van der Waals surface area contributed by atoms with Gasteiger partial charge < -0.3 is 27.0 Å². The summed E-state index contributed by atoms with van der Waals surface area (Å²) in [7, 11) is 6.16. The summed E-state index contributed by atoms with van der Waals surface area (Å²) in [6, 6.07) is 0. The summed E-state index contributed by atoms with van der Waals surface area (Å²) in [5.41, 5.74) is 15.9. The predicted molar refractivity (Wildman–Crippen MR) is 212 cm³/mol. The van der Waals surface area contributed by atoms with Gasteiger partial charge in [-0.1, -0.05) is 115 Å². The van der Waals surface area contributed by atoms with Crippen LogP contribution < -0.4 is 17.2 Å². The summed E-state index contributed by atoms with van der Waals surface area (Å²) in [6.45, 7) is 25.9. The van der Waals surface area contributed by atoms with Crippen LogP contribution in [0, 0.1) is 0 Å². The summed E-state index contributed by atoms with van der Waals surface area (Å²) in [4.78, 5) is 29.0. The lowest BCUT2D eigenvalue weighted by molar-refractivity contribution is -0.119. The number of nitrogens with zero attached hydrogens (tertiary/aromatic N) is 3. The van der Waals surface area contributed by atoms with Crippen molar-refractivity contribution in [3.8, 4) is 0 Å². The van der Waals surface area contributed by atoms with Gasteiger partial charge in [0.2, 0.25) is 0 Å². The molecule has 0 rings (SSSR count). The van der Waals surface area contributed by atoms with Crippen LogP contribution in [0.1, 0.15) is 166 Å². The van der Waals surface area contributed by atoms with E-state index in [4.69, 9.17) is 17.2 Å². The van der Waals surface area contributed by atoms with E-state index in [1.807, 2.05) is 44.7 Å². The maximum absolute atomic E-state index is 11.3. The van der Waals surface area contributed by atoms with Crippen LogP contribution in [0.2, 0.25) is 0 Å². The van der Waals surface area contributed by atoms with Crippen molar-refractivity contribution in [1.82, 2.24) is 14.7 Å². The first-order valence-electron chi connectivity index (χ1n) is 18.7. The first-order valence-corrected chi connectivity index (χ1v) is 18.7. The lowest BCUT2D eigenvalue weighted by Crippen LogP contribution is -2.25. The van der Waals surface area contributed by atoms with Gasteiger partial charge in [0.15, 0.2) is 0 Å². The fourth-order valence-corrected chi connectivity index (χ4v) is 3.18. The highest BCUT2D eigenvalue weighted by molar-refractivity contribution is 5.79. The average Bonchev–Trinajstić information content (AvgIpc) is 3.05. The van der Waals surface area contributed by atoms with Gasteiger partial charge in [0.05, 0.1) is 0 Å². The lowest BCUT2D eigenvalue weighted by atomic mass is 10.1. The largest absolute Gasteiger partial charge is 0.330 e. The van der Waals surface area contributed by atoms with Gasteiger partial charge >= 0.3 is 0 Å². The van der Waals surface area contributed by atoms with Crippen molar-refractivity contribution in [2.75, 3.05) is 73.6 Å². The number of unbranched alkanes of at least 4 members (excludes halogenated alkanes) is 6. The van der Waals surface area contributed by atoms with Crippen molar-refractivity contribution >= 4 is 11.6 Å². The van der Waals surface area contributed by atoms with E-state index >= 15 is 0 Å². The van der Waals surface area contributed by atoms with Crippen LogP contribution in [0.25, 0.3) is 0 Å². The van der Waals surface area contributed by atoms with Crippen molar-refractivity contribution in [1.29, 1.82) is 0 Å². The zero-order valence-corrected chi connectivity index (χ0v) is 33.2. The maximum atomic E-state index is 11.3. The number of nitrogens with two attached hydrogens (primary N) is 3. The minimum atomic E-state index is 0. The molecule has 0 spiro atoms. The molecule has 286 valence electrons. The standard InChI is InChI=1S/C12H24N2O2.C12H28N2.C4H12N2.C4H10.C3H8.C2H6.CH4/c1-3-4-11(15)6-9-14(2)10-7-12(16)5-8-13;1-3-4-5-8-11-14(2)12-9-6-7-10-13;1-3-6(2)4-5;1-3-4-2;1-3-2;1-2;/h3-10,13H2,1-2H3;3-13H2,1-2H3;3-5H2,1-2H3;3-4H2,1-2H3;3H2,1-2H3;1-2H3;1H4. The molecule has 0 bridgehead atoms. The molecule has 0 radical (unpaired) electrons. The Labute approximate surface area is 292 Å². The molecule has 0 heterocycles. The number of hydrogen-bond acceptors (Lipinski definition) is 8. The van der Waals surface area contributed by atoms with Crippen molar-refractivity contribution in [3.63, 3.8) is 0 Å². The third kappa shape index (κ3) is 74.1. The second-order valence-corrected chi connectivity index (χ2v) is 11.4. The number of hydrogen-bond donors (Lipinski definition) is 3. The van der Waals surface area contributed by atoms with Gasteiger partial charge in [-0.3, -0.25) is 14.5 Å². The Morgan fingerprint density at radius 2 is 0.891 bits per heavy atom. The Hall–Kier alpha value is -0.900. The second-order valence-electron chi connectivity index (χ2n) is 11.4. The average molecular weight is 665 g/mol. The van der Waals surface area contributed by atoms with E-state index in [0.717, 1.165) is 32.6 Å². The molecule has 0 aliphatic carbocycles. The molecule has 0 amide bonds. The third-order valence-corrected chi connectivity index (χ3v) is 6.49. The molecule has 46 heavy (non-hydrogen) atoms. The minimum Gasteiger partial charge on any atom is -0.330 e. The van der Waals surface area contributed by atoms with Gasteiger partial charge in [-0.2, -0.15) is 0 Å². The Morgan fingerprint density at radius 1 is 0.478 bits per heavy atom. The summed E-state index contributed by atoms with van der Waals surface area (Å²) in [6.07, 6.45) is 16.3. The Morgan fingerprint density at radius 3 is 1.20 bits per heavy atom. The molecule has 0 aromatic carbocycles. The molecule has 8 nitrogen and oxygen atoms in total. The summed E-state index contributed by atoms with van der Waals surface area (Å²) < 4.78 is 0. The van der Waals surface area contributed by atoms with Crippen LogP contribution in [0.4, 0.5) is 0 Å². The molecule has 8 heteroatoms. The highest BCUT2D eigenvalue weighted by atomic mass is 16.1. The van der Waals surface area contributed by atoms with Crippen molar-refractivity contribution in [2.24, 2.45) is 17.2 Å². The molecule has 0 fully saturated rings. The van der Waals surface area contributed by atoms with Gasteiger partial charge in [-0.15, -0.1) is 0 Å².